The summed E-state index contributed by atoms with van der Waals surface area (Å²) in [5, 5.41) is 3.58. The van der Waals surface area contributed by atoms with E-state index < -0.39 is 0 Å². The van der Waals surface area contributed by atoms with E-state index in [2.05, 4.69) is 10.3 Å². The minimum atomic E-state index is -0.241. The molecule has 1 atom stereocenters. The molecular formula is C22H27N3O4S. The van der Waals surface area contributed by atoms with Crippen LogP contribution in [-0.4, -0.2) is 41.0 Å². The maximum atomic E-state index is 12.7. The third-order valence-electron chi connectivity index (χ3n) is 5.58. The number of hydrogen-bond donors (Lipinski definition) is 1. The number of nitrogens with one attached hydrogen (secondary N) is 1. The molecule has 1 saturated heterocycles. The fourth-order valence-electron chi connectivity index (χ4n) is 4.13. The van der Waals surface area contributed by atoms with Crippen molar-refractivity contribution in [1.29, 1.82) is 0 Å². The molecule has 8 heteroatoms. The smallest absolute Gasteiger partial charge is 0.348 e. The van der Waals surface area contributed by atoms with Gasteiger partial charge >= 0.3 is 5.69 Å². The van der Waals surface area contributed by atoms with E-state index in [1.165, 1.54) is 11.8 Å². The maximum absolute atomic E-state index is 12.7. The van der Waals surface area contributed by atoms with Crippen molar-refractivity contribution in [3.8, 4) is 5.75 Å². The minimum Gasteiger partial charge on any atom is -0.495 e. The predicted molar refractivity (Wildman–Crippen MR) is 117 cm³/mol. The third kappa shape index (κ3) is 4.54. The summed E-state index contributed by atoms with van der Waals surface area (Å²) in [4.78, 5) is 29.6. The average molecular weight is 430 g/mol. The van der Waals surface area contributed by atoms with Crippen molar-refractivity contribution in [2.24, 2.45) is 0 Å². The molecular weight excluding hydrogens is 402 g/mol. The van der Waals surface area contributed by atoms with Gasteiger partial charge in [0, 0.05) is 17.9 Å². The average Bonchev–Trinajstić information content (AvgIpc) is 3.41. The van der Waals surface area contributed by atoms with Crippen LogP contribution < -0.4 is 15.7 Å². The molecule has 0 bridgehead atoms. The summed E-state index contributed by atoms with van der Waals surface area (Å²) in [5.74, 6) is 0.654. The molecule has 1 aliphatic heterocycles. The maximum Gasteiger partial charge on any atom is 0.348 e. The topological polar surface area (TPSA) is 82.5 Å². The number of fused-ring (bicyclic) bond motifs is 1. The first kappa shape index (κ1) is 20.9. The summed E-state index contributed by atoms with van der Waals surface area (Å²) in [6, 6.07) is 5.64. The molecule has 2 aromatic rings. The van der Waals surface area contributed by atoms with Crippen molar-refractivity contribution in [1.82, 2.24) is 9.55 Å². The van der Waals surface area contributed by atoms with E-state index in [1.807, 2.05) is 25.1 Å². The Kier molecular flexibility index (Phi) is 6.43. The van der Waals surface area contributed by atoms with E-state index in [0.29, 0.717) is 23.0 Å². The number of rotatable bonds is 7. The van der Waals surface area contributed by atoms with Gasteiger partial charge in [-0.3, -0.25) is 9.36 Å². The second-order valence-corrected chi connectivity index (χ2v) is 8.73. The lowest BCUT2D eigenvalue weighted by Crippen LogP contribution is -2.31. The number of anilines is 1. The van der Waals surface area contributed by atoms with Crippen LogP contribution in [0.2, 0.25) is 0 Å². The predicted octanol–water partition coefficient (Wildman–Crippen LogP) is 2.96. The summed E-state index contributed by atoms with van der Waals surface area (Å²) < 4.78 is 12.8. The van der Waals surface area contributed by atoms with E-state index in [1.54, 1.807) is 11.7 Å². The normalized spacial score (nSPS) is 17.7. The molecule has 0 saturated carbocycles. The van der Waals surface area contributed by atoms with Crippen LogP contribution in [0.3, 0.4) is 0 Å². The molecule has 1 N–H and O–H groups in total. The van der Waals surface area contributed by atoms with Gasteiger partial charge in [0.05, 0.1) is 31.2 Å². The lowest BCUT2D eigenvalue weighted by atomic mass is 10.2. The van der Waals surface area contributed by atoms with Crippen LogP contribution in [0, 0.1) is 6.92 Å². The highest BCUT2D eigenvalue weighted by molar-refractivity contribution is 8.00. The first-order chi connectivity index (χ1) is 14.5. The Bertz CT molecular complexity index is 999. The van der Waals surface area contributed by atoms with Gasteiger partial charge < -0.3 is 14.8 Å². The van der Waals surface area contributed by atoms with Gasteiger partial charge in [0.25, 0.3) is 0 Å². The number of nitrogens with zero attached hydrogens (tertiary/aromatic N) is 2. The molecule has 1 fully saturated rings. The Hall–Kier alpha value is -2.32. The van der Waals surface area contributed by atoms with Crippen molar-refractivity contribution in [2.45, 2.75) is 56.7 Å². The number of thioether (sulfide) groups is 1. The second kappa shape index (κ2) is 9.22. The van der Waals surface area contributed by atoms with E-state index in [4.69, 9.17) is 9.47 Å². The number of methoxy groups -OCH3 is 1. The summed E-state index contributed by atoms with van der Waals surface area (Å²) in [6.45, 7) is 3.30. The van der Waals surface area contributed by atoms with Gasteiger partial charge in [-0.25, -0.2) is 4.79 Å². The Morgan fingerprint density at radius 2 is 2.23 bits per heavy atom. The number of aromatic nitrogens is 2. The zero-order valence-electron chi connectivity index (χ0n) is 17.4. The molecule has 1 amide bonds. The van der Waals surface area contributed by atoms with Crippen LogP contribution >= 0.6 is 11.8 Å². The van der Waals surface area contributed by atoms with Gasteiger partial charge in [0.15, 0.2) is 0 Å². The molecule has 7 nitrogen and oxygen atoms in total. The van der Waals surface area contributed by atoms with Crippen molar-refractivity contribution >= 4 is 23.4 Å². The Morgan fingerprint density at radius 1 is 1.37 bits per heavy atom. The number of benzene rings is 1. The van der Waals surface area contributed by atoms with Crippen molar-refractivity contribution in [3.05, 3.63) is 45.5 Å². The number of carbonyl (C=O) groups is 1. The fraction of sp³-hybridized carbons (Fsp3) is 0.500. The molecule has 0 radical (unpaired) electrons. The molecule has 4 rings (SSSR count). The summed E-state index contributed by atoms with van der Waals surface area (Å²) in [7, 11) is 1.58. The van der Waals surface area contributed by atoms with Crippen LogP contribution in [0.5, 0.6) is 5.75 Å². The van der Waals surface area contributed by atoms with Crippen molar-refractivity contribution < 1.29 is 14.3 Å². The number of amides is 1. The Balaban J connectivity index is 1.47. The van der Waals surface area contributed by atoms with E-state index in [-0.39, 0.29) is 23.5 Å². The fourth-order valence-corrected chi connectivity index (χ4v) is 5.00. The number of carbonyl (C=O) groups excluding carboxylic acids is 1. The second-order valence-electron chi connectivity index (χ2n) is 7.76. The molecule has 2 heterocycles. The van der Waals surface area contributed by atoms with Crippen LogP contribution in [0.4, 0.5) is 5.69 Å². The van der Waals surface area contributed by atoms with Gasteiger partial charge in [-0.1, -0.05) is 17.8 Å². The molecule has 1 aromatic carbocycles. The van der Waals surface area contributed by atoms with E-state index >= 15 is 0 Å². The molecule has 160 valence electrons. The lowest BCUT2D eigenvalue weighted by molar-refractivity contribution is -0.113. The molecule has 1 aliphatic carbocycles. The molecule has 30 heavy (non-hydrogen) atoms. The summed E-state index contributed by atoms with van der Waals surface area (Å²) in [5.41, 5.74) is 3.61. The largest absolute Gasteiger partial charge is 0.495 e. The van der Waals surface area contributed by atoms with Crippen LogP contribution in [0.25, 0.3) is 0 Å². The Labute approximate surface area is 180 Å². The van der Waals surface area contributed by atoms with Gasteiger partial charge in [-0.15, -0.1) is 0 Å². The first-order valence-electron chi connectivity index (χ1n) is 10.4. The summed E-state index contributed by atoms with van der Waals surface area (Å²) in [6.07, 6.45) is 4.91. The minimum absolute atomic E-state index is 0.0998. The van der Waals surface area contributed by atoms with Crippen LogP contribution in [0.15, 0.2) is 28.0 Å². The standard InChI is InChI=1S/C22H27N3O4S/c1-14-8-9-19(28-2)17(11-14)23-20(26)13-30-21-16-6-3-7-18(16)25(22(27)24-21)12-15-5-4-10-29-15/h8-9,11,15H,3-7,10,12-13H2,1-2H3,(H,23,26). The van der Waals surface area contributed by atoms with Gasteiger partial charge in [-0.05, 0) is 56.7 Å². The molecule has 1 unspecified atom stereocenters. The highest BCUT2D eigenvalue weighted by Crippen LogP contribution is 2.30. The van der Waals surface area contributed by atoms with Gasteiger partial charge in [0.1, 0.15) is 10.8 Å². The SMILES string of the molecule is COc1ccc(C)cc1NC(=O)CSc1nc(=O)n(CC2CCCO2)c2c1CCC2. The molecule has 2 aliphatic rings. The monoisotopic (exact) mass is 429 g/mol. The van der Waals surface area contributed by atoms with Crippen molar-refractivity contribution in [2.75, 3.05) is 24.8 Å². The van der Waals surface area contributed by atoms with E-state index in [0.717, 1.165) is 55.5 Å². The zero-order valence-corrected chi connectivity index (χ0v) is 18.2. The zero-order chi connectivity index (χ0) is 21.1. The molecule has 1 aromatic heterocycles. The first-order valence-corrected chi connectivity index (χ1v) is 11.3. The molecule has 0 spiro atoms. The number of ether oxygens (including phenoxy) is 2. The van der Waals surface area contributed by atoms with Gasteiger partial charge in [0.2, 0.25) is 5.91 Å². The van der Waals surface area contributed by atoms with Gasteiger partial charge in [-0.2, -0.15) is 4.98 Å². The van der Waals surface area contributed by atoms with Crippen LogP contribution in [-0.2, 0) is 28.9 Å². The highest BCUT2D eigenvalue weighted by Gasteiger charge is 2.25. The Morgan fingerprint density at radius 3 is 3.00 bits per heavy atom. The number of aryl methyl sites for hydroxylation is 1. The van der Waals surface area contributed by atoms with E-state index in [9.17, 15) is 9.59 Å². The van der Waals surface area contributed by atoms with Crippen molar-refractivity contribution in [3.63, 3.8) is 0 Å². The highest BCUT2D eigenvalue weighted by atomic mass is 32.2. The number of hydrogen-bond acceptors (Lipinski definition) is 6. The quantitative estimate of drug-likeness (QED) is 0.538. The summed E-state index contributed by atoms with van der Waals surface area (Å²) >= 11 is 1.33. The third-order valence-corrected chi connectivity index (χ3v) is 6.60. The lowest BCUT2D eigenvalue weighted by Gasteiger charge is -2.17. The van der Waals surface area contributed by atoms with Crippen LogP contribution in [0.1, 0.15) is 36.1 Å².